The van der Waals surface area contributed by atoms with Crippen molar-refractivity contribution in [2.75, 3.05) is 20.3 Å². The third kappa shape index (κ3) is 3.68. The van der Waals surface area contributed by atoms with Crippen LogP contribution in [0.15, 0.2) is 24.3 Å². The number of piperidine rings is 1. The van der Waals surface area contributed by atoms with Crippen LogP contribution < -0.4 is 5.32 Å². The number of nitrogens with one attached hydrogen (secondary N) is 1. The molecule has 2 fully saturated rings. The Bertz CT molecular complexity index is 496. The molecule has 0 spiro atoms. The van der Waals surface area contributed by atoms with Crippen LogP contribution in [0, 0.1) is 5.92 Å². The van der Waals surface area contributed by atoms with E-state index in [0.29, 0.717) is 17.7 Å². The maximum Gasteiger partial charge on any atom is 0.337 e. The van der Waals surface area contributed by atoms with E-state index in [0.717, 1.165) is 31.9 Å². The van der Waals surface area contributed by atoms with Gasteiger partial charge in [0.25, 0.3) is 0 Å². The van der Waals surface area contributed by atoms with E-state index in [1.807, 2.05) is 24.3 Å². The zero-order valence-corrected chi connectivity index (χ0v) is 13.2. The Morgan fingerprint density at radius 1 is 1.23 bits per heavy atom. The number of esters is 1. The Balaban J connectivity index is 1.55. The SMILES string of the molecule is COC(=O)c1ccc([C@@H]2C[C@@H](OCC3CCC3)CCN2)cc1. The Morgan fingerprint density at radius 2 is 2.00 bits per heavy atom. The molecule has 0 bridgehead atoms. The third-order valence-corrected chi connectivity index (χ3v) is 4.88. The second-order valence-electron chi connectivity index (χ2n) is 6.40. The van der Waals surface area contributed by atoms with E-state index < -0.39 is 0 Å². The number of carbonyl (C=O) groups excluding carboxylic acids is 1. The van der Waals surface area contributed by atoms with E-state index in [9.17, 15) is 4.79 Å². The fraction of sp³-hybridized carbons (Fsp3) is 0.611. The lowest BCUT2D eigenvalue weighted by Crippen LogP contribution is -2.36. The van der Waals surface area contributed by atoms with Crippen LogP contribution in [-0.4, -0.2) is 32.3 Å². The van der Waals surface area contributed by atoms with Crippen molar-refractivity contribution >= 4 is 5.97 Å². The maximum atomic E-state index is 11.5. The van der Waals surface area contributed by atoms with Gasteiger partial charge in [0.2, 0.25) is 0 Å². The molecule has 1 aromatic carbocycles. The van der Waals surface area contributed by atoms with Crippen LogP contribution in [0.25, 0.3) is 0 Å². The molecule has 4 nitrogen and oxygen atoms in total. The van der Waals surface area contributed by atoms with Crippen molar-refractivity contribution < 1.29 is 14.3 Å². The van der Waals surface area contributed by atoms with Gasteiger partial charge in [0, 0.05) is 12.6 Å². The molecule has 120 valence electrons. The molecule has 0 amide bonds. The molecule has 1 heterocycles. The van der Waals surface area contributed by atoms with E-state index in [2.05, 4.69) is 5.32 Å². The first-order valence-electron chi connectivity index (χ1n) is 8.29. The number of methoxy groups -OCH3 is 1. The van der Waals surface area contributed by atoms with Gasteiger partial charge >= 0.3 is 5.97 Å². The lowest BCUT2D eigenvalue weighted by atomic mass is 9.86. The van der Waals surface area contributed by atoms with Gasteiger partial charge in [-0.1, -0.05) is 18.6 Å². The minimum atomic E-state index is -0.287. The lowest BCUT2D eigenvalue weighted by molar-refractivity contribution is -0.0120. The second-order valence-corrected chi connectivity index (χ2v) is 6.40. The Kier molecular flexibility index (Phi) is 5.11. The van der Waals surface area contributed by atoms with Crippen LogP contribution in [0.5, 0.6) is 0 Å². The summed E-state index contributed by atoms with van der Waals surface area (Å²) in [5.74, 6) is 0.512. The van der Waals surface area contributed by atoms with Crippen LogP contribution in [0.3, 0.4) is 0 Å². The van der Waals surface area contributed by atoms with Crippen molar-refractivity contribution in [3.8, 4) is 0 Å². The number of hydrogen-bond donors (Lipinski definition) is 1. The molecular weight excluding hydrogens is 278 g/mol. The van der Waals surface area contributed by atoms with Crippen molar-refractivity contribution in [2.45, 2.75) is 44.2 Å². The molecule has 2 atom stereocenters. The number of carbonyl (C=O) groups is 1. The van der Waals surface area contributed by atoms with Crippen LogP contribution >= 0.6 is 0 Å². The summed E-state index contributed by atoms with van der Waals surface area (Å²) < 4.78 is 10.8. The highest BCUT2D eigenvalue weighted by Gasteiger charge is 2.25. The van der Waals surface area contributed by atoms with Gasteiger partial charge in [-0.15, -0.1) is 0 Å². The van der Waals surface area contributed by atoms with Crippen LogP contribution in [0.2, 0.25) is 0 Å². The summed E-state index contributed by atoms with van der Waals surface area (Å²) >= 11 is 0. The first-order chi connectivity index (χ1) is 10.8. The zero-order valence-electron chi connectivity index (χ0n) is 13.2. The molecule has 0 unspecified atom stereocenters. The zero-order chi connectivity index (χ0) is 15.4. The highest BCUT2D eigenvalue weighted by molar-refractivity contribution is 5.89. The van der Waals surface area contributed by atoms with Gasteiger partial charge in [-0.05, 0) is 55.8 Å². The fourth-order valence-corrected chi connectivity index (χ4v) is 3.19. The van der Waals surface area contributed by atoms with Gasteiger partial charge in [0.05, 0.1) is 18.8 Å². The number of ether oxygens (including phenoxy) is 2. The normalized spacial score (nSPS) is 25.5. The summed E-state index contributed by atoms with van der Waals surface area (Å²) in [4.78, 5) is 11.5. The van der Waals surface area contributed by atoms with Gasteiger partial charge in [-0.25, -0.2) is 4.79 Å². The summed E-state index contributed by atoms with van der Waals surface area (Å²) in [6, 6.07) is 8.01. The third-order valence-electron chi connectivity index (χ3n) is 4.88. The molecule has 1 aliphatic carbocycles. The van der Waals surface area contributed by atoms with E-state index in [-0.39, 0.29) is 5.97 Å². The Morgan fingerprint density at radius 3 is 2.64 bits per heavy atom. The molecule has 2 aliphatic rings. The summed E-state index contributed by atoms with van der Waals surface area (Å²) in [7, 11) is 1.41. The summed E-state index contributed by atoms with van der Waals surface area (Å²) in [6.07, 6.45) is 6.49. The summed E-state index contributed by atoms with van der Waals surface area (Å²) in [5, 5.41) is 3.55. The Hall–Kier alpha value is -1.39. The Labute approximate surface area is 132 Å². The van der Waals surface area contributed by atoms with E-state index in [4.69, 9.17) is 9.47 Å². The molecule has 1 aliphatic heterocycles. The molecule has 0 radical (unpaired) electrons. The lowest BCUT2D eigenvalue weighted by Gasteiger charge is -2.33. The van der Waals surface area contributed by atoms with Gasteiger partial charge in [0.15, 0.2) is 0 Å². The predicted molar refractivity (Wildman–Crippen MR) is 84.8 cm³/mol. The molecule has 3 rings (SSSR count). The quantitative estimate of drug-likeness (QED) is 0.849. The van der Waals surface area contributed by atoms with Crippen LogP contribution in [0.4, 0.5) is 0 Å². The highest BCUT2D eigenvalue weighted by atomic mass is 16.5. The van der Waals surface area contributed by atoms with E-state index in [1.165, 1.54) is 31.9 Å². The average Bonchev–Trinajstić information content (AvgIpc) is 2.53. The molecule has 4 heteroatoms. The summed E-state index contributed by atoms with van der Waals surface area (Å²) in [6.45, 7) is 1.91. The first-order valence-corrected chi connectivity index (χ1v) is 8.29. The largest absolute Gasteiger partial charge is 0.465 e. The smallest absolute Gasteiger partial charge is 0.337 e. The van der Waals surface area contributed by atoms with Crippen molar-refractivity contribution in [1.82, 2.24) is 5.32 Å². The van der Waals surface area contributed by atoms with Gasteiger partial charge < -0.3 is 14.8 Å². The van der Waals surface area contributed by atoms with Crippen molar-refractivity contribution in [2.24, 2.45) is 5.92 Å². The standard InChI is InChI=1S/C18H25NO3/c1-21-18(20)15-7-5-14(6-8-15)17-11-16(9-10-19-17)22-12-13-3-2-4-13/h5-8,13,16-17,19H,2-4,9-12H2,1H3/t16-,17-/m0/s1. The maximum absolute atomic E-state index is 11.5. The van der Waals surface area contributed by atoms with Gasteiger partial charge in [0.1, 0.15) is 0 Å². The van der Waals surface area contributed by atoms with Crippen molar-refractivity contribution in [3.63, 3.8) is 0 Å². The van der Waals surface area contributed by atoms with Crippen molar-refractivity contribution in [1.29, 1.82) is 0 Å². The molecular formula is C18H25NO3. The van der Waals surface area contributed by atoms with Crippen molar-refractivity contribution in [3.05, 3.63) is 35.4 Å². The molecule has 1 N–H and O–H groups in total. The number of benzene rings is 1. The molecule has 0 aromatic heterocycles. The number of hydrogen-bond acceptors (Lipinski definition) is 4. The van der Waals surface area contributed by atoms with Gasteiger partial charge in [-0.2, -0.15) is 0 Å². The van der Waals surface area contributed by atoms with E-state index >= 15 is 0 Å². The minimum absolute atomic E-state index is 0.287. The molecule has 1 saturated carbocycles. The number of rotatable bonds is 5. The van der Waals surface area contributed by atoms with Gasteiger partial charge in [-0.3, -0.25) is 0 Å². The molecule has 22 heavy (non-hydrogen) atoms. The van der Waals surface area contributed by atoms with Crippen LogP contribution in [-0.2, 0) is 9.47 Å². The predicted octanol–water partition coefficient (Wildman–Crippen LogP) is 3.08. The fourth-order valence-electron chi connectivity index (χ4n) is 3.19. The molecule has 1 aromatic rings. The van der Waals surface area contributed by atoms with Crippen LogP contribution in [0.1, 0.15) is 54.1 Å². The van der Waals surface area contributed by atoms with E-state index in [1.54, 1.807) is 0 Å². The second kappa shape index (κ2) is 7.25. The minimum Gasteiger partial charge on any atom is -0.465 e. The topological polar surface area (TPSA) is 47.6 Å². The monoisotopic (exact) mass is 303 g/mol. The average molecular weight is 303 g/mol. The highest BCUT2D eigenvalue weighted by Crippen LogP contribution is 2.29. The first kappa shape index (κ1) is 15.5. The molecule has 1 saturated heterocycles. The summed E-state index contributed by atoms with van der Waals surface area (Å²) in [5.41, 5.74) is 1.81.